The lowest BCUT2D eigenvalue weighted by atomic mass is 9.97. The molecule has 0 N–H and O–H groups in total. The molecule has 0 spiro atoms. The molecule has 3 heterocycles. The van der Waals surface area contributed by atoms with Crippen LogP contribution < -0.4 is 5.56 Å². The topological polar surface area (TPSA) is 73.8 Å². The van der Waals surface area contributed by atoms with Crippen molar-refractivity contribution in [2.75, 3.05) is 0 Å². The highest BCUT2D eigenvalue weighted by Gasteiger charge is 2.22. The van der Waals surface area contributed by atoms with Crippen molar-refractivity contribution in [2.24, 2.45) is 5.92 Å². The number of aromatic nitrogens is 4. The maximum absolute atomic E-state index is 13.4. The molecule has 3 aromatic heterocycles. The Morgan fingerprint density at radius 3 is 2.75 bits per heavy atom. The lowest BCUT2D eigenvalue weighted by molar-refractivity contribution is 0.468. The van der Waals surface area contributed by atoms with Gasteiger partial charge in [-0.15, -0.1) is 21.5 Å². The van der Waals surface area contributed by atoms with Crippen molar-refractivity contribution in [3.05, 3.63) is 32.6 Å². The summed E-state index contributed by atoms with van der Waals surface area (Å²) in [5.74, 6) is 2.27. The molecule has 0 radical (unpaired) electrons. The first-order chi connectivity index (χ1) is 13.6. The molecule has 0 fully saturated rings. The zero-order valence-corrected chi connectivity index (χ0v) is 18.3. The van der Waals surface area contributed by atoms with E-state index in [2.05, 4.69) is 24.0 Å². The van der Waals surface area contributed by atoms with Gasteiger partial charge in [-0.2, -0.15) is 0 Å². The fourth-order valence-corrected chi connectivity index (χ4v) is 5.70. The lowest BCUT2D eigenvalue weighted by Gasteiger charge is -2.14. The minimum absolute atomic E-state index is 0.118. The fraction of sp³-hybridized carbons (Fsp3) is 0.600. The van der Waals surface area contributed by atoms with Crippen LogP contribution in [0.5, 0.6) is 0 Å². The van der Waals surface area contributed by atoms with Crippen LogP contribution in [0.2, 0.25) is 0 Å². The normalized spacial score (nSPS) is 14.1. The predicted octanol–water partition coefficient (Wildman–Crippen LogP) is 4.62. The first-order valence-corrected chi connectivity index (χ1v) is 11.9. The monoisotopic (exact) mass is 418 g/mol. The average Bonchev–Trinajstić information content (AvgIpc) is 3.29. The summed E-state index contributed by atoms with van der Waals surface area (Å²) in [6, 6.07) is 0. The van der Waals surface area contributed by atoms with Crippen molar-refractivity contribution < 1.29 is 4.42 Å². The second-order valence-electron chi connectivity index (χ2n) is 7.66. The molecule has 150 valence electrons. The van der Waals surface area contributed by atoms with E-state index in [-0.39, 0.29) is 5.56 Å². The number of hydrogen-bond acceptors (Lipinski definition) is 7. The highest BCUT2D eigenvalue weighted by molar-refractivity contribution is 7.98. The van der Waals surface area contributed by atoms with E-state index in [4.69, 9.17) is 9.40 Å². The Morgan fingerprint density at radius 2 is 2.00 bits per heavy atom. The van der Waals surface area contributed by atoms with Gasteiger partial charge in [0.15, 0.2) is 5.16 Å². The molecule has 0 atom stereocenters. The summed E-state index contributed by atoms with van der Waals surface area (Å²) in [6.45, 7) is 7.04. The number of aryl methyl sites for hydroxylation is 3. The lowest BCUT2D eigenvalue weighted by Crippen LogP contribution is -2.24. The average molecular weight is 419 g/mol. The number of hydrogen-bond donors (Lipinski definition) is 0. The van der Waals surface area contributed by atoms with Gasteiger partial charge in [-0.05, 0) is 43.6 Å². The van der Waals surface area contributed by atoms with E-state index in [0.717, 1.165) is 47.5 Å². The van der Waals surface area contributed by atoms with Crippen molar-refractivity contribution in [1.82, 2.24) is 19.7 Å². The highest BCUT2D eigenvalue weighted by atomic mass is 32.2. The minimum Gasteiger partial charge on any atom is -0.424 e. The van der Waals surface area contributed by atoms with Crippen LogP contribution in [0.4, 0.5) is 0 Å². The molecular weight excluding hydrogens is 392 g/mol. The van der Waals surface area contributed by atoms with Crippen LogP contribution in [0.25, 0.3) is 10.2 Å². The molecule has 0 amide bonds. The van der Waals surface area contributed by atoms with Crippen LogP contribution in [0, 0.1) is 5.92 Å². The quantitative estimate of drug-likeness (QED) is 0.412. The Balaban J connectivity index is 1.72. The van der Waals surface area contributed by atoms with E-state index in [1.165, 1.54) is 28.6 Å². The van der Waals surface area contributed by atoms with Gasteiger partial charge < -0.3 is 4.42 Å². The second-order valence-corrected chi connectivity index (χ2v) is 9.68. The summed E-state index contributed by atoms with van der Waals surface area (Å²) in [5, 5.41) is 9.73. The Hall–Kier alpha value is -1.67. The molecule has 3 aromatic rings. The van der Waals surface area contributed by atoms with Gasteiger partial charge in [-0.25, -0.2) is 4.98 Å². The van der Waals surface area contributed by atoms with E-state index < -0.39 is 0 Å². The van der Waals surface area contributed by atoms with Crippen LogP contribution in [0.1, 0.15) is 62.3 Å². The Morgan fingerprint density at radius 1 is 1.21 bits per heavy atom. The van der Waals surface area contributed by atoms with Crippen LogP contribution >= 0.6 is 23.1 Å². The van der Waals surface area contributed by atoms with Crippen LogP contribution in [0.3, 0.4) is 0 Å². The van der Waals surface area contributed by atoms with E-state index in [9.17, 15) is 4.79 Å². The zero-order chi connectivity index (χ0) is 19.7. The van der Waals surface area contributed by atoms with Gasteiger partial charge in [0.05, 0.1) is 11.1 Å². The zero-order valence-electron chi connectivity index (χ0n) is 16.7. The molecule has 1 aliphatic rings. The maximum atomic E-state index is 13.4. The number of fused-ring (bicyclic) bond motifs is 3. The summed E-state index contributed by atoms with van der Waals surface area (Å²) in [7, 11) is 0. The number of thioether (sulfide) groups is 1. The van der Waals surface area contributed by atoms with Crippen LogP contribution in [-0.2, 0) is 31.6 Å². The van der Waals surface area contributed by atoms with Gasteiger partial charge in [0.25, 0.3) is 5.56 Å². The van der Waals surface area contributed by atoms with Crippen molar-refractivity contribution >= 4 is 33.3 Å². The Bertz CT molecular complexity index is 1030. The largest absolute Gasteiger partial charge is 0.424 e. The molecule has 0 aromatic carbocycles. The van der Waals surface area contributed by atoms with Crippen LogP contribution in [-0.4, -0.2) is 19.7 Å². The van der Waals surface area contributed by atoms with E-state index in [1.807, 2.05) is 11.5 Å². The van der Waals surface area contributed by atoms with Gasteiger partial charge >= 0.3 is 0 Å². The molecule has 0 saturated heterocycles. The number of nitrogens with zero attached hydrogens (tertiary/aromatic N) is 4. The molecular formula is C20H26N4O2S2. The SMILES string of the molecule is CCc1nnc(CSc2nc3sc4c(c3c(=O)n2CCC(C)C)CCCC4)o1. The van der Waals surface area contributed by atoms with Crippen molar-refractivity contribution in [1.29, 1.82) is 0 Å². The molecule has 4 rings (SSSR count). The third-order valence-electron chi connectivity index (χ3n) is 5.11. The molecule has 0 saturated carbocycles. The summed E-state index contributed by atoms with van der Waals surface area (Å²) < 4.78 is 7.49. The number of rotatable bonds is 7. The summed E-state index contributed by atoms with van der Waals surface area (Å²) >= 11 is 3.21. The Kier molecular flexibility index (Phi) is 5.87. The smallest absolute Gasteiger partial charge is 0.263 e. The number of thiophene rings is 1. The van der Waals surface area contributed by atoms with Crippen LogP contribution in [0.15, 0.2) is 14.4 Å². The van der Waals surface area contributed by atoms with Crippen molar-refractivity contribution in [2.45, 2.75) is 76.8 Å². The fourth-order valence-electron chi connectivity index (χ4n) is 3.53. The first-order valence-electron chi connectivity index (χ1n) is 10.1. The molecule has 0 bridgehead atoms. The second kappa shape index (κ2) is 8.37. The first kappa shape index (κ1) is 19.6. The standard InChI is InChI=1S/C20H26N4O2S2/c1-4-15-22-23-16(26-15)11-27-20-21-18-17(13-7-5-6-8-14(13)28-18)19(25)24(20)10-9-12(2)3/h12H,4-11H2,1-3H3. The van der Waals surface area contributed by atoms with Gasteiger partial charge in [0.2, 0.25) is 11.8 Å². The van der Waals surface area contributed by atoms with E-state index in [0.29, 0.717) is 30.0 Å². The van der Waals surface area contributed by atoms with E-state index >= 15 is 0 Å². The molecule has 8 heteroatoms. The molecule has 0 aliphatic heterocycles. The minimum atomic E-state index is 0.118. The highest BCUT2D eigenvalue weighted by Crippen LogP contribution is 2.35. The predicted molar refractivity (Wildman–Crippen MR) is 113 cm³/mol. The third kappa shape index (κ3) is 3.89. The van der Waals surface area contributed by atoms with Gasteiger partial charge in [0.1, 0.15) is 4.83 Å². The van der Waals surface area contributed by atoms with Crippen molar-refractivity contribution in [3.63, 3.8) is 0 Å². The van der Waals surface area contributed by atoms with Gasteiger partial charge in [-0.3, -0.25) is 9.36 Å². The maximum Gasteiger partial charge on any atom is 0.263 e. The Labute approximate surface area is 172 Å². The van der Waals surface area contributed by atoms with Crippen molar-refractivity contribution in [3.8, 4) is 0 Å². The van der Waals surface area contributed by atoms with Gasteiger partial charge in [-0.1, -0.05) is 32.5 Å². The third-order valence-corrected chi connectivity index (χ3v) is 7.25. The summed E-state index contributed by atoms with van der Waals surface area (Å²) in [5.41, 5.74) is 1.37. The van der Waals surface area contributed by atoms with Gasteiger partial charge in [0, 0.05) is 17.8 Å². The molecule has 28 heavy (non-hydrogen) atoms. The molecule has 6 nitrogen and oxygen atoms in total. The summed E-state index contributed by atoms with van der Waals surface area (Å²) in [6.07, 6.45) is 6.13. The molecule has 1 aliphatic carbocycles. The molecule has 0 unspecified atom stereocenters. The van der Waals surface area contributed by atoms with E-state index in [1.54, 1.807) is 11.3 Å². The summed E-state index contributed by atoms with van der Waals surface area (Å²) in [4.78, 5) is 20.6.